The number of benzene rings is 1. The lowest BCUT2D eigenvalue weighted by Crippen LogP contribution is -2.38. The van der Waals surface area contributed by atoms with E-state index in [1.807, 2.05) is 31.2 Å². The normalized spacial score (nSPS) is 26.5. The number of methoxy groups -OCH3 is 2. The Morgan fingerprint density at radius 1 is 1.37 bits per heavy atom. The highest BCUT2D eigenvalue weighted by molar-refractivity contribution is 6.29. The van der Waals surface area contributed by atoms with Crippen LogP contribution in [0, 0.1) is 0 Å². The van der Waals surface area contributed by atoms with Crippen molar-refractivity contribution in [3.05, 3.63) is 29.8 Å². The smallest absolute Gasteiger partial charge is 0.234 e. The molecule has 1 heterocycles. The topological polar surface area (TPSA) is 40.0 Å². The van der Waals surface area contributed by atoms with Crippen LogP contribution in [-0.4, -0.2) is 31.6 Å². The Hall–Kier alpha value is -1.26. The van der Waals surface area contributed by atoms with E-state index in [2.05, 4.69) is 5.16 Å². The molecule has 0 unspecified atom stereocenters. The summed E-state index contributed by atoms with van der Waals surface area (Å²) in [5.74, 6) is 0.563. The van der Waals surface area contributed by atoms with E-state index in [-0.39, 0.29) is 5.92 Å². The number of hydrogen-bond acceptors (Lipinski definition) is 4. The maximum atomic E-state index is 5.94. The Balaban J connectivity index is 2.28. The molecule has 4 nitrogen and oxygen atoms in total. The number of halogens is 1. The van der Waals surface area contributed by atoms with Crippen molar-refractivity contribution in [2.24, 2.45) is 5.16 Å². The summed E-state index contributed by atoms with van der Waals surface area (Å²) < 4.78 is 10.5. The third-order valence-electron chi connectivity index (χ3n) is 3.42. The zero-order chi connectivity index (χ0) is 13.9. The van der Waals surface area contributed by atoms with E-state index >= 15 is 0 Å². The number of alkyl halides is 1. The lowest BCUT2D eigenvalue weighted by atomic mass is 9.87. The molecule has 0 bridgehead atoms. The molecule has 2 atom stereocenters. The Labute approximate surface area is 118 Å². The molecule has 0 saturated heterocycles. The van der Waals surface area contributed by atoms with Gasteiger partial charge in [0.25, 0.3) is 0 Å². The van der Waals surface area contributed by atoms with Crippen LogP contribution in [0.2, 0.25) is 0 Å². The average molecular weight is 284 g/mol. The predicted octanol–water partition coefficient (Wildman–Crippen LogP) is 3.16. The van der Waals surface area contributed by atoms with E-state index in [1.165, 1.54) is 0 Å². The van der Waals surface area contributed by atoms with E-state index in [0.29, 0.717) is 12.3 Å². The van der Waals surface area contributed by atoms with E-state index < -0.39 is 5.79 Å². The summed E-state index contributed by atoms with van der Waals surface area (Å²) in [6, 6.07) is 7.90. The van der Waals surface area contributed by atoms with Crippen LogP contribution in [0.1, 0.15) is 24.8 Å². The Bertz CT molecular complexity index is 460. The van der Waals surface area contributed by atoms with Gasteiger partial charge in [0.2, 0.25) is 5.79 Å². The summed E-state index contributed by atoms with van der Waals surface area (Å²) in [5, 5.41) is 4.10. The first-order chi connectivity index (χ1) is 9.11. The highest BCUT2D eigenvalue weighted by Gasteiger charge is 2.37. The van der Waals surface area contributed by atoms with E-state index in [9.17, 15) is 0 Å². The molecule has 5 heteroatoms. The molecule has 0 N–H and O–H groups in total. The van der Waals surface area contributed by atoms with Crippen molar-refractivity contribution < 1.29 is 14.3 Å². The molecule has 2 rings (SSSR count). The van der Waals surface area contributed by atoms with Crippen LogP contribution in [0.25, 0.3) is 0 Å². The van der Waals surface area contributed by atoms with Gasteiger partial charge in [0.1, 0.15) is 5.75 Å². The fourth-order valence-electron chi connectivity index (χ4n) is 2.13. The molecule has 0 fully saturated rings. The number of nitrogens with zero attached hydrogens (tertiary/aromatic N) is 1. The molecule has 1 aliphatic heterocycles. The van der Waals surface area contributed by atoms with Gasteiger partial charge in [-0.25, -0.2) is 0 Å². The van der Waals surface area contributed by atoms with Gasteiger partial charge in [0.05, 0.1) is 18.7 Å². The molecule has 1 aliphatic rings. The van der Waals surface area contributed by atoms with Gasteiger partial charge in [-0.15, -0.1) is 11.6 Å². The standard InChI is InChI=1S/C14H18ClNO3/c1-14(18-3)8-12(13(9-15)16-19-14)10-4-6-11(17-2)7-5-10/h4-7,12H,8-9H2,1-3H3/t12-,14+/m0/s1. The van der Waals surface area contributed by atoms with Crippen LogP contribution in [-0.2, 0) is 9.57 Å². The highest BCUT2D eigenvalue weighted by atomic mass is 35.5. The van der Waals surface area contributed by atoms with Gasteiger partial charge in [0, 0.05) is 26.4 Å². The molecule has 0 spiro atoms. The van der Waals surface area contributed by atoms with Crippen molar-refractivity contribution in [2.75, 3.05) is 20.1 Å². The number of rotatable bonds is 4. The minimum atomic E-state index is -0.708. The number of oxime groups is 1. The average Bonchev–Trinajstić information content (AvgIpc) is 2.47. The number of ether oxygens (including phenoxy) is 2. The Kier molecular flexibility index (Phi) is 4.32. The SMILES string of the molecule is COc1ccc([C@@H]2C[C@](C)(OC)ON=C2CCl)cc1. The van der Waals surface area contributed by atoms with Gasteiger partial charge in [0.15, 0.2) is 0 Å². The summed E-state index contributed by atoms with van der Waals surface area (Å²) in [4.78, 5) is 5.37. The second-order valence-corrected chi connectivity index (χ2v) is 4.94. The van der Waals surface area contributed by atoms with Crippen molar-refractivity contribution >= 4 is 17.3 Å². The summed E-state index contributed by atoms with van der Waals surface area (Å²) in [6.45, 7) is 1.87. The van der Waals surface area contributed by atoms with Gasteiger partial charge in [-0.2, -0.15) is 0 Å². The maximum Gasteiger partial charge on any atom is 0.234 e. The van der Waals surface area contributed by atoms with Crippen LogP contribution < -0.4 is 4.74 Å². The summed E-state index contributed by atoms with van der Waals surface area (Å²) in [7, 11) is 3.27. The zero-order valence-electron chi connectivity index (χ0n) is 11.4. The molecule has 19 heavy (non-hydrogen) atoms. The maximum absolute atomic E-state index is 5.94. The van der Waals surface area contributed by atoms with Crippen molar-refractivity contribution in [1.29, 1.82) is 0 Å². The molecule has 0 radical (unpaired) electrons. The van der Waals surface area contributed by atoms with Crippen molar-refractivity contribution in [1.82, 2.24) is 0 Å². The molecular formula is C14H18ClNO3. The van der Waals surface area contributed by atoms with Crippen molar-refractivity contribution in [3.8, 4) is 5.75 Å². The minimum absolute atomic E-state index is 0.0992. The highest BCUT2D eigenvalue weighted by Crippen LogP contribution is 2.35. The number of hydrogen-bond donors (Lipinski definition) is 0. The lowest BCUT2D eigenvalue weighted by molar-refractivity contribution is -0.221. The Morgan fingerprint density at radius 3 is 2.58 bits per heavy atom. The first-order valence-electron chi connectivity index (χ1n) is 6.12. The van der Waals surface area contributed by atoms with Gasteiger partial charge in [-0.05, 0) is 17.7 Å². The molecule has 104 valence electrons. The third-order valence-corrected chi connectivity index (χ3v) is 3.69. The monoisotopic (exact) mass is 283 g/mol. The molecule has 0 amide bonds. The fraction of sp³-hybridized carbons (Fsp3) is 0.500. The molecule has 1 aromatic rings. The van der Waals surface area contributed by atoms with Gasteiger partial charge in [-0.1, -0.05) is 17.3 Å². The van der Waals surface area contributed by atoms with E-state index in [1.54, 1.807) is 14.2 Å². The fourth-order valence-corrected chi connectivity index (χ4v) is 2.36. The van der Waals surface area contributed by atoms with Crippen LogP contribution >= 0.6 is 11.6 Å². The molecule has 1 aromatic carbocycles. The lowest BCUT2D eigenvalue weighted by Gasteiger charge is -2.34. The molecular weight excluding hydrogens is 266 g/mol. The molecule has 0 saturated carbocycles. The Morgan fingerprint density at radius 2 is 2.05 bits per heavy atom. The van der Waals surface area contributed by atoms with Crippen LogP contribution in [0.4, 0.5) is 0 Å². The van der Waals surface area contributed by atoms with Crippen LogP contribution in [0.5, 0.6) is 5.75 Å². The minimum Gasteiger partial charge on any atom is -0.497 e. The van der Waals surface area contributed by atoms with Crippen molar-refractivity contribution in [3.63, 3.8) is 0 Å². The second-order valence-electron chi connectivity index (χ2n) is 4.68. The largest absolute Gasteiger partial charge is 0.497 e. The summed E-state index contributed by atoms with van der Waals surface area (Å²) >= 11 is 5.94. The molecule has 0 aliphatic carbocycles. The predicted molar refractivity (Wildman–Crippen MR) is 75.0 cm³/mol. The van der Waals surface area contributed by atoms with Crippen LogP contribution in [0.3, 0.4) is 0 Å². The first-order valence-corrected chi connectivity index (χ1v) is 6.65. The van der Waals surface area contributed by atoms with Gasteiger partial charge in [-0.3, -0.25) is 0 Å². The second kappa shape index (κ2) is 5.80. The zero-order valence-corrected chi connectivity index (χ0v) is 12.1. The first kappa shape index (κ1) is 14.2. The van der Waals surface area contributed by atoms with Crippen molar-refractivity contribution in [2.45, 2.75) is 25.0 Å². The van der Waals surface area contributed by atoms with Gasteiger partial charge >= 0.3 is 0 Å². The van der Waals surface area contributed by atoms with Crippen LogP contribution in [0.15, 0.2) is 29.4 Å². The quantitative estimate of drug-likeness (QED) is 0.797. The summed E-state index contributed by atoms with van der Waals surface area (Å²) in [5.41, 5.74) is 1.95. The van der Waals surface area contributed by atoms with E-state index in [0.717, 1.165) is 17.0 Å². The summed E-state index contributed by atoms with van der Waals surface area (Å²) in [6.07, 6.45) is 0.682. The van der Waals surface area contributed by atoms with E-state index in [4.69, 9.17) is 25.9 Å². The molecule has 0 aromatic heterocycles. The van der Waals surface area contributed by atoms with Gasteiger partial charge < -0.3 is 14.3 Å². The third kappa shape index (κ3) is 3.01.